The van der Waals surface area contributed by atoms with Crippen LogP contribution in [0.1, 0.15) is 12.5 Å². The van der Waals surface area contributed by atoms with Gasteiger partial charge < -0.3 is 14.9 Å². The van der Waals surface area contributed by atoms with E-state index in [1.54, 1.807) is 31.2 Å². The van der Waals surface area contributed by atoms with E-state index < -0.39 is 5.91 Å². The second-order valence-corrected chi connectivity index (χ2v) is 5.59. The Bertz CT molecular complexity index is 729. The van der Waals surface area contributed by atoms with Crippen molar-refractivity contribution in [2.45, 2.75) is 6.92 Å². The van der Waals surface area contributed by atoms with Crippen molar-refractivity contribution >= 4 is 27.5 Å². The molecule has 0 heterocycles. The largest absolute Gasteiger partial charge is 0.508 e. The maximum Gasteiger partial charge on any atom is 0.277 e. The summed E-state index contributed by atoms with van der Waals surface area (Å²) in [4.78, 5) is 11.7. The molecule has 6 nitrogen and oxygen atoms in total. The number of aromatic hydroxyl groups is 2. The first-order valence-corrected chi connectivity index (χ1v) is 7.49. The number of phenols is 2. The Morgan fingerprint density at radius 1 is 1.22 bits per heavy atom. The molecule has 2 aromatic carbocycles. The molecule has 7 heteroatoms. The summed E-state index contributed by atoms with van der Waals surface area (Å²) < 4.78 is 6.23. The molecule has 0 aliphatic carbocycles. The third kappa shape index (κ3) is 5.00. The first-order chi connectivity index (χ1) is 11.0. The molecule has 0 atom stereocenters. The van der Waals surface area contributed by atoms with Crippen molar-refractivity contribution in [3.63, 3.8) is 0 Å². The zero-order valence-electron chi connectivity index (χ0n) is 12.3. The van der Waals surface area contributed by atoms with E-state index in [0.29, 0.717) is 17.0 Å². The van der Waals surface area contributed by atoms with E-state index in [1.807, 2.05) is 0 Å². The molecule has 120 valence electrons. The molecule has 0 fully saturated rings. The summed E-state index contributed by atoms with van der Waals surface area (Å²) in [5.41, 5.74) is 3.02. The predicted octanol–water partition coefficient (Wildman–Crippen LogP) is 2.78. The Hall–Kier alpha value is -2.54. The smallest absolute Gasteiger partial charge is 0.277 e. The van der Waals surface area contributed by atoms with Gasteiger partial charge in [-0.25, -0.2) is 5.43 Å². The van der Waals surface area contributed by atoms with Gasteiger partial charge in [0.1, 0.15) is 17.2 Å². The summed E-state index contributed by atoms with van der Waals surface area (Å²) in [6.07, 6.45) is 0. The summed E-state index contributed by atoms with van der Waals surface area (Å²) in [7, 11) is 0. The number of ether oxygens (including phenoxy) is 1. The fourth-order valence-electron chi connectivity index (χ4n) is 1.73. The number of phenolic OH excluding ortho intramolecular Hbond substituents is 2. The highest BCUT2D eigenvalue weighted by molar-refractivity contribution is 9.10. The normalized spacial score (nSPS) is 11.1. The Morgan fingerprint density at radius 3 is 2.61 bits per heavy atom. The van der Waals surface area contributed by atoms with Gasteiger partial charge >= 0.3 is 0 Å². The van der Waals surface area contributed by atoms with Crippen molar-refractivity contribution in [1.29, 1.82) is 0 Å². The standard InChI is InChI=1S/C16H15BrN2O4/c1-10(14-8-12(20)4-7-15(14)21)18-19-16(22)9-23-13-5-2-11(17)3-6-13/h2-8,20-21H,9H2,1H3,(H,19,22)/b18-10-. The van der Waals surface area contributed by atoms with E-state index in [4.69, 9.17) is 4.74 Å². The number of carbonyl (C=O) groups is 1. The lowest BCUT2D eigenvalue weighted by atomic mass is 10.1. The van der Waals surface area contributed by atoms with Crippen molar-refractivity contribution in [3.8, 4) is 17.2 Å². The molecule has 0 unspecified atom stereocenters. The van der Waals surface area contributed by atoms with Gasteiger partial charge in [0.25, 0.3) is 5.91 Å². The maximum absolute atomic E-state index is 11.7. The molecule has 0 bridgehead atoms. The first kappa shape index (κ1) is 16.8. The van der Waals surface area contributed by atoms with Gasteiger partial charge in [-0.05, 0) is 49.4 Å². The third-order valence-corrected chi connectivity index (χ3v) is 3.43. The van der Waals surface area contributed by atoms with Crippen molar-refractivity contribution < 1.29 is 19.7 Å². The summed E-state index contributed by atoms with van der Waals surface area (Å²) in [5.74, 6) is 0.0863. The third-order valence-electron chi connectivity index (χ3n) is 2.90. The molecule has 0 aliphatic heterocycles. The lowest BCUT2D eigenvalue weighted by Gasteiger charge is -2.07. The molecule has 0 aliphatic rings. The summed E-state index contributed by atoms with van der Waals surface area (Å²) in [5, 5.41) is 23.0. The molecule has 0 saturated carbocycles. The van der Waals surface area contributed by atoms with Gasteiger partial charge in [0.2, 0.25) is 0 Å². The SMILES string of the molecule is C/C(=N/NC(=O)COc1ccc(Br)cc1)c1cc(O)ccc1O. The zero-order chi connectivity index (χ0) is 16.8. The number of nitrogens with zero attached hydrogens (tertiary/aromatic N) is 1. The van der Waals surface area contributed by atoms with Crippen LogP contribution in [0.25, 0.3) is 0 Å². The Balaban J connectivity index is 1.92. The molecule has 2 aromatic rings. The lowest BCUT2D eigenvalue weighted by Crippen LogP contribution is -2.25. The number of hydrogen-bond acceptors (Lipinski definition) is 5. The van der Waals surface area contributed by atoms with Gasteiger partial charge in [-0.15, -0.1) is 0 Å². The number of hydrazone groups is 1. The van der Waals surface area contributed by atoms with E-state index in [9.17, 15) is 15.0 Å². The highest BCUT2D eigenvalue weighted by Gasteiger charge is 2.07. The molecule has 1 amide bonds. The minimum atomic E-state index is -0.438. The van der Waals surface area contributed by atoms with E-state index >= 15 is 0 Å². The highest BCUT2D eigenvalue weighted by Crippen LogP contribution is 2.22. The number of carbonyl (C=O) groups excluding carboxylic acids is 1. The molecule has 23 heavy (non-hydrogen) atoms. The van der Waals surface area contributed by atoms with Crippen LogP contribution in [0.5, 0.6) is 17.2 Å². The van der Waals surface area contributed by atoms with Gasteiger partial charge in [-0.2, -0.15) is 5.10 Å². The van der Waals surface area contributed by atoms with E-state index in [1.165, 1.54) is 18.2 Å². The van der Waals surface area contributed by atoms with E-state index in [-0.39, 0.29) is 18.1 Å². The Kier molecular flexibility index (Phi) is 5.59. The number of rotatable bonds is 5. The zero-order valence-corrected chi connectivity index (χ0v) is 13.9. The Morgan fingerprint density at radius 2 is 1.91 bits per heavy atom. The van der Waals surface area contributed by atoms with Crippen molar-refractivity contribution in [1.82, 2.24) is 5.43 Å². The summed E-state index contributed by atoms with van der Waals surface area (Å²) >= 11 is 3.31. The highest BCUT2D eigenvalue weighted by atomic mass is 79.9. The van der Waals surface area contributed by atoms with Crippen LogP contribution >= 0.6 is 15.9 Å². The van der Waals surface area contributed by atoms with Crippen LogP contribution in [-0.4, -0.2) is 28.4 Å². The van der Waals surface area contributed by atoms with Crippen LogP contribution in [0, 0.1) is 0 Å². The fraction of sp³-hybridized carbons (Fsp3) is 0.125. The Labute approximate surface area is 141 Å². The number of nitrogens with one attached hydrogen (secondary N) is 1. The van der Waals surface area contributed by atoms with Gasteiger partial charge in [0, 0.05) is 10.0 Å². The van der Waals surface area contributed by atoms with Crippen LogP contribution in [0.3, 0.4) is 0 Å². The minimum Gasteiger partial charge on any atom is -0.508 e. The van der Waals surface area contributed by atoms with Gasteiger partial charge in [0.15, 0.2) is 6.61 Å². The molecule has 0 saturated heterocycles. The van der Waals surface area contributed by atoms with Crippen molar-refractivity contribution in [3.05, 3.63) is 52.5 Å². The van der Waals surface area contributed by atoms with Gasteiger partial charge in [-0.1, -0.05) is 15.9 Å². The van der Waals surface area contributed by atoms with Crippen molar-refractivity contribution in [2.24, 2.45) is 5.10 Å². The number of benzene rings is 2. The second kappa shape index (κ2) is 7.64. The van der Waals surface area contributed by atoms with Gasteiger partial charge in [-0.3, -0.25) is 4.79 Å². The molecule has 2 rings (SSSR count). The molecule has 3 N–H and O–H groups in total. The molecule has 0 spiro atoms. The minimum absolute atomic E-state index is 0.00255. The van der Waals surface area contributed by atoms with E-state index in [2.05, 4.69) is 26.5 Å². The number of hydrogen-bond donors (Lipinski definition) is 3. The number of amides is 1. The average molecular weight is 379 g/mol. The molecular formula is C16H15BrN2O4. The molecule has 0 radical (unpaired) electrons. The molecular weight excluding hydrogens is 364 g/mol. The van der Waals surface area contributed by atoms with Crippen molar-refractivity contribution in [2.75, 3.05) is 6.61 Å². The van der Waals surface area contributed by atoms with Crippen LogP contribution in [0.2, 0.25) is 0 Å². The molecule has 0 aromatic heterocycles. The summed E-state index contributed by atoms with van der Waals surface area (Å²) in [6.45, 7) is 1.41. The monoisotopic (exact) mass is 378 g/mol. The lowest BCUT2D eigenvalue weighted by molar-refractivity contribution is -0.123. The van der Waals surface area contributed by atoms with Crippen LogP contribution < -0.4 is 10.2 Å². The maximum atomic E-state index is 11.7. The quantitative estimate of drug-likeness (QED) is 0.423. The van der Waals surface area contributed by atoms with Crippen LogP contribution in [-0.2, 0) is 4.79 Å². The first-order valence-electron chi connectivity index (χ1n) is 6.69. The fourth-order valence-corrected chi connectivity index (χ4v) is 2.00. The van der Waals surface area contributed by atoms with Crippen LogP contribution in [0.15, 0.2) is 52.0 Å². The van der Waals surface area contributed by atoms with Crippen LogP contribution in [0.4, 0.5) is 0 Å². The topological polar surface area (TPSA) is 91.2 Å². The summed E-state index contributed by atoms with van der Waals surface area (Å²) in [6, 6.07) is 11.1. The van der Waals surface area contributed by atoms with E-state index in [0.717, 1.165) is 4.47 Å². The van der Waals surface area contributed by atoms with Gasteiger partial charge in [0.05, 0.1) is 5.71 Å². The number of halogens is 1. The predicted molar refractivity (Wildman–Crippen MR) is 89.8 cm³/mol. The second-order valence-electron chi connectivity index (χ2n) is 4.68. The average Bonchev–Trinajstić information content (AvgIpc) is 2.54.